The molecule has 2 aromatic rings. The van der Waals surface area contributed by atoms with E-state index in [0.29, 0.717) is 11.3 Å². The molecule has 0 aliphatic heterocycles. The average Bonchev–Trinajstić information content (AvgIpc) is 2.45. The minimum Gasteiger partial charge on any atom is -0.256 e. The molecule has 1 aromatic carbocycles. The lowest BCUT2D eigenvalue weighted by Crippen LogP contribution is -1.92. The van der Waals surface area contributed by atoms with Crippen molar-refractivity contribution in [3.8, 4) is 11.3 Å². The van der Waals surface area contributed by atoms with E-state index in [1.165, 1.54) is 19.3 Å². The number of benzene rings is 1. The number of hydrogen-bond donors (Lipinski definition) is 0. The molecule has 0 fully saturated rings. The van der Waals surface area contributed by atoms with Crippen LogP contribution in [-0.2, 0) is 6.42 Å². The first-order valence-corrected chi connectivity index (χ1v) is 7.42. The molecule has 2 heteroatoms. The minimum atomic E-state index is -0.172. The van der Waals surface area contributed by atoms with E-state index in [9.17, 15) is 4.39 Å². The Hall–Kier alpha value is -1.70. The Morgan fingerprint density at radius 1 is 1.05 bits per heavy atom. The minimum absolute atomic E-state index is 0.172. The van der Waals surface area contributed by atoms with Crippen molar-refractivity contribution in [3.63, 3.8) is 0 Å². The van der Waals surface area contributed by atoms with Gasteiger partial charge in [-0.1, -0.05) is 38.3 Å². The summed E-state index contributed by atoms with van der Waals surface area (Å²) in [6, 6.07) is 9.35. The zero-order valence-electron chi connectivity index (χ0n) is 12.3. The average molecular weight is 271 g/mol. The normalized spacial score (nSPS) is 10.8. The number of aromatic nitrogens is 1. The summed E-state index contributed by atoms with van der Waals surface area (Å²) >= 11 is 0. The van der Waals surface area contributed by atoms with Crippen LogP contribution in [0.2, 0.25) is 0 Å². The summed E-state index contributed by atoms with van der Waals surface area (Å²) in [5.74, 6) is -0.172. The summed E-state index contributed by atoms with van der Waals surface area (Å²) in [5, 5.41) is 0. The molecule has 0 amide bonds. The van der Waals surface area contributed by atoms with Gasteiger partial charge in [-0.2, -0.15) is 0 Å². The molecular formula is C18H22FN. The van der Waals surface area contributed by atoms with Gasteiger partial charge in [-0.3, -0.25) is 4.98 Å². The third-order valence-corrected chi connectivity index (χ3v) is 3.54. The molecule has 1 heterocycles. The van der Waals surface area contributed by atoms with Crippen LogP contribution in [0.25, 0.3) is 11.3 Å². The van der Waals surface area contributed by atoms with E-state index in [4.69, 9.17) is 0 Å². The number of unbranched alkanes of at least 4 members (excludes halogenated alkanes) is 3. The fourth-order valence-electron chi connectivity index (χ4n) is 2.30. The summed E-state index contributed by atoms with van der Waals surface area (Å²) in [4.78, 5) is 4.29. The maximum Gasteiger partial charge on any atom is 0.132 e. The highest BCUT2D eigenvalue weighted by molar-refractivity contribution is 5.60. The van der Waals surface area contributed by atoms with Crippen molar-refractivity contribution in [1.82, 2.24) is 4.98 Å². The maximum atomic E-state index is 14.2. The first kappa shape index (κ1) is 14.7. The molecule has 2 rings (SSSR count). The van der Waals surface area contributed by atoms with Gasteiger partial charge in [0.2, 0.25) is 0 Å². The Balaban J connectivity index is 2.07. The van der Waals surface area contributed by atoms with E-state index in [-0.39, 0.29) is 5.82 Å². The lowest BCUT2D eigenvalue weighted by molar-refractivity contribution is 0.624. The first-order valence-electron chi connectivity index (χ1n) is 7.42. The molecule has 0 N–H and O–H groups in total. The Labute approximate surface area is 120 Å². The van der Waals surface area contributed by atoms with Crippen molar-refractivity contribution in [3.05, 3.63) is 53.5 Å². The quantitative estimate of drug-likeness (QED) is 0.648. The summed E-state index contributed by atoms with van der Waals surface area (Å²) < 4.78 is 14.2. The molecule has 1 nitrogen and oxygen atoms in total. The topological polar surface area (TPSA) is 12.9 Å². The Kier molecular flexibility index (Phi) is 5.28. The predicted molar refractivity (Wildman–Crippen MR) is 82.2 cm³/mol. The van der Waals surface area contributed by atoms with Crippen molar-refractivity contribution in [2.45, 2.75) is 46.0 Å². The van der Waals surface area contributed by atoms with Crippen LogP contribution >= 0.6 is 0 Å². The van der Waals surface area contributed by atoms with Crippen molar-refractivity contribution < 1.29 is 4.39 Å². The smallest absolute Gasteiger partial charge is 0.132 e. The molecule has 0 aliphatic carbocycles. The fraction of sp³-hybridized carbons (Fsp3) is 0.389. The number of pyridine rings is 1. The van der Waals surface area contributed by atoms with Crippen LogP contribution in [-0.4, -0.2) is 4.98 Å². The molecule has 0 unspecified atom stereocenters. The Bertz CT molecular complexity index is 546. The van der Waals surface area contributed by atoms with Crippen LogP contribution in [0, 0.1) is 12.7 Å². The van der Waals surface area contributed by atoms with Crippen LogP contribution in [0.3, 0.4) is 0 Å². The van der Waals surface area contributed by atoms with Gasteiger partial charge in [-0.05, 0) is 49.1 Å². The number of halogens is 1. The second-order valence-corrected chi connectivity index (χ2v) is 5.35. The number of nitrogens with zero attached hydrogens (tertiary/aromatic N) is 1. The standard InChI is InChI=1S/C18H22FN/c1-3-4-5-6-7-15-9-10-16(17(19)12-15)18-11-8-14(2)13-20-18/h8-13H,3-7H2,1-2H3. The third kappa shape index (κ3) is 3.89. The van der Waals surface area contributed by atoms with Crippen LogP contribution in [0.15, 0.2) is 36.5 Å². The largest absolute Gasteiger partial charge is 0.256 e. The maximum absolute atomic E-state index is 14.2. The fourth-order valence-corrected chi connectivity index (χ4v) is 2.30. The molecule has 106 valence electrons. The molecule has 0 saturated heterocycles. The Morgan fingerprint density at radius 2 is 1.90 bits per heavy atom. The van der Waals surface area contributed by atoms with Gasteiger partial charge in [0.1, 0.15) is 5.82 Å². The van der Waals surface area contributed by atoms with E-state index < -0.39 is 0 Å². The molecule has 0 bridgehead atoms. The molecule has 0 atom stereocenters. The van der Waals surface area contributed by atoms with E-state index in [1.807, 2.05) is 31.2 Å². The SMILES string of the molecule is CCCCCCc1ccc(-c2ccc(C)cn2)c(F)c1. The molecule has 0 spiro atoms. The molecular weight excluding hydrogens is 249 g/mol. The lowest BCUT2D eigenvalue weighted by atomic mass is 10.0. The van der Waals surface area contributed by atoms with Crippen molar-refractivity contribution >= 4 is 0 Å². The Morgan fingerprint density at radius 3 is 2.55 bits per heavy atom. The lowest BCUT2D eigenvalue weighted by Gasteiger charge is -2.06. The number of rotatable bonds is 6. The number of aryl methyl sites for hydroxylation is 2. The van der Waals surface area contributed by atoms with E-state index >= 15 is 0 Å². The van der Waals surface area contributed by atoms with Gasteiger partial charge in [-0.25, -0.2) is 4.39 Å². The summed E-state index contributed by atoms with van der Waals surface area (Å²) in [6.45, 7) is 4.18. The zero-order chi connectivity index (χ0) is 14.4. The van der Waals surface area contributed by atoms with Crippen molar-refractivity contribution in [1.29, 1.82) is 0 Å². The van der Waals surface area contributed by atoms with E-state index in [0.717, 1.165) is 24.0 Å². The van der Waals surface area contributed by atoms with Gasteiger partial charge < -0.3 is 0 Å². The molecule has 0 radical (unpaired) electrons. The van der Waals surface area contributed by atoms with Gasteiger partial charge in [0, 0.05) is 11.8 Å². The first-order chi connectivity index (χ1) is 9.70. The van der Waals surface area contributed by atoms with Crippen LogP contribution in [0.4, 0.5) is 4.39 Å². The van der Waals surface area contributed by atoms with Gasteiger partial charge in [0.25, 0.3) is 0 Å². The van der Waals surface area contributed by atoms with Gasteiger partial charge in [-0.15, -0.1) is 0 Å². The second kappa shape index (κ2) is 7.18. The highest BCUT2D eigenvalue weighted by atomic mass is 19.1. The summed E-state index contributed by atoms with van der Waals surface area (Å²) in [5.41, 5.74) is 3.45. The molecule has 1 aromatic heterocycles. The summed E-state index contributed by atoms with van der Waals surface area (Å²) in [7, 11) is 0. The van der Waals surface area contributed by atoms with Crippen molar-refractivity contribution in [2.24, 2.45) is 0 Å². The van der Waals surface area contributed by atoms with Crippen molar-refractivity contribution in [2.75, 3.05) is 0 Å². The van der Waals surface area contributed by atoms with Crippen LogP contribution in [0.5, 0.6) is 0 Å². The third-order valence-electron chi connectivity index (χ3n) is 3.54. The molecule has 0 aliphatic rings. The van der Waals surface area contributed by atoms with Gasteiger partial charge in [0.15, 0.2) is 0 Å². The summed E-state index contributed by atoms with van der Waals surface area (Å²) in [6.07, 6.45) is 7.57. The van der Waals surface area contributed by atoms with Gasteiger partial charge >= 0.3 is 0 Å². The highest BCUT2D eigenvalue weighted by Gasteiger charge is 2.07. The molecule has 20 heavy (non-hydrogen) atoms. The zero-order valence-corrected chi connectivity index (χ0v) is 12.3. The van der Waals surface area contributed by atoms with Crippen LogP contribution in [0.1, 0.15) is 43.7 Å². The monoisotopic (exact) mass is 271 g/mol. The second-order valence-electron chi connectivity index (χ2n) is 5.35. The predicted octanol–water partition coefficient (Wildman–Crippen LogP) is 5.32. The van der Waals surface area contributed by atoms with E-state index in [1.54, 1.807) is 12.3 Å². The van der Waals surface area contributed by atoms with E-state index in [2.05, 4.69) is 11.9 Å². The van der Waals surface area contributed by atoms with Gasteiger partial charge in [0.05, 0.1) is 5.69 Å². The number of hydrogen-bond acceptors (Lipinski definition) is 1. The molecule has 0 saturated carbocycles. The van der Waals surface area contributed by atoms with Crippen LogP contribution < -0.4 is 0 Å². The highest BCUT2D eigenvalue weighted by Crippen LogP contribution is 2.22.